The zero-order valence-corrected chi connectivity index (χ0v) is 15.7. The molecule has 1 aliphatic rings. The first-order chi connectivity index (χ1) is 12.4. The molecular formula is C18H22FN3O3S. The number of ether oxygens (including phenoxy) is 1. The van der Waals surface area contributed by atoms with Crippen molar-refractivity contribution in [3.63, 3.8) is 0 Å². The van der Waals surface area contributed by atoms with E-state index in [1.54, 1.807) is 19.3 Å². The number of aromatic nitrogens is 2. The van der Waals surface area contributed by atoms with Crippen LogP contribution in [0.2, 0.25) is 0 Å². The van der Waals surface area contributed by atoms with Gasteiger partial charge in [-0.05, 0) is 55.5 Å². The number of sulfonamides is 1. The molecule has 1 aromatic heterocycles. The number of hydrogen-bond acceptors (Lipinski definition) is 5. The highest BCUT2D eigenvalue weighted by molar-refractivity contribution is 7.89. The molecule has 0 N–H and O–H groups in total. The van der Waals surface area contributed by atoms with Crippen LogP contribution in [0, 0.1) is 12.7 Å². The third kappa shape index (κ3) is 4.02. The molecule has 1 saturated heterocycles. The van der Waals surface area contributed by atoms with E-state index in [2.05, 4.69) is 9.97 Å². The topological polar surface area (TPSA) is 72.4 Å². The van der Waals surface area contributed by atoms with E-state index < -0.39 is 15.8 Å². The van der Waals surface area contributed by atoms with Crippen LogP contribution in [0.4, 0.5) is 4.39 Å². The van der Waals surface area contributed by atoms with Crippen molar-refractivity contribution < 1.29 is 17.5 Å². The maximum Gasteiger partial charge on any atom is 0.316 e. The zero-order valence-electron chi connectivity index (χ0n) is 14.9. The number of nitrogens with zero attached hydrogens (tertiary/aromatic N) is 3. The molecular weight excluding hydrogens is 357 g/mol. The van der Waals surface area contributed by atoms with Crippen molar-refractivity contribution in [2.75, 3.05) is 13.1 Å². The summed E-state index contributed by atoms with van der Waals surface area (Å²) in [6.07, 6.45) is 5.32. The third-order valence-electron chi connectivity index (χ3n) is 4.52. The molecule has 0 unspecified atom stereocenters. The summed E-state index contributed by atoms with van der Waals surface area (Å²) in [5.41, 5.74) is 1.45. The number of aryl methyl sites for hydroxylation is 2. The normalized spacial score (nSPS) is 16.6. The van der Waals surface area contributed by atoms with Gasteiger partial charge >= 0.3 is 6.01 Å². The number of piperidine rings is 1. The smallest absolute Gasteiger partial charge is 0.316 e. The standard InChI is InChI=1S/C18H22FN3O3S/c1-3-14-11-20-18(21-12-14)25-16-6-8-22(9-7-16)26(23,24)17-5-4-15(19)10-13(17)2/h4-5,10-12,16H,3,6-9H2,1-2H3. The summed E-state index contributed by atoms with van der Waals surface area (Å²) in [5.74, 6) is -0.442. The van der Waals surface area contributed by atoms with E-state index in [0.29, 0.717) is 37.5 Å². The molecule has 0 amide bonds. The average Bonchev–Trinajstić information content (AvgIpc) is 2.62. The Morgan fingerprint density at radius 1 is 1.23 bits per heavy atom. The van der Waals surface area contributed by atoms with Crippen molar-refractivity contribution in [2.45, 2.75) is 44.1 Å². The molecule has 0 radical (unpaired) electrons. The maximum absolute atomic E-state index is 13.2. The first-order valence-electron chi connectivity index (χ1n) is 8.64. The lowest BCUT2D eigenvalue weighted by Crippen LogP contribution is -2.42. The predicted octanol–water partition coefficient (Wildman–Crippen LogP) is 2.72. The molecule has 1 aliphatic heterocycles. The first-order valence-corrected chi connectivity index (χ1v) is 10.1. The molecule has 6 nitrogen and oxygen atoms in total. The maximum atomic E-state index is 13.2. The van der Waals surface area contributed by atoms with E-state index in [1.807, 2.05) is 6.92 Å². The van der Waals surface area contributed by atoms with Crippen LogP contribution < -0.4 is 4.74 Å². The van der Waals surface area contributed by atoms with Gasteiger partial charge in [-0.3, -0.25) is 0 Å². The van der Waals surface area contributed by atoms with Gasteiger partial charge in [0.05, 0.1) is 4.90 Å². The third-order valence-corrected chi connectivity index (χ3v) is 6.58. The summed E-state index contributed by atoms with van der Waals surface area (Å²) in [6.45, 7) is 4.31. The second-order valence-corrected chi connectivity index (χ2v) is 8.26. The summed E-state index contributed by atoms with van der Waals surface area (Å²) in [5, 5.41) is 0. The van der Waals surface area contributed by atoms with Crippen LogP contribution in [0.1, 0.15) is 30.9 Å². The molecule has 0 saturated carbocycles. The van der Waals surface area contributed by atoms with Gasteiger partial charge in [-0.15, -0.1) is 0 Å². The number of benzene rings is 1. The highest BCUT2D eigenvalue weighted by atomic mass is 32.2. The fourth-order valence-electron chi connectivity index (χ4n) is 2.97. The Balaban J connectivity index is 1.63. The fraction of sp³-hybridized carbons (Fsp3) is 0.444. The molecule has 2 heterocycles. The van der Waals surface area contributed by atoms with E-state index in [0.717, 1.165) is 12.0 Å². The molecule has 0 aliphatic carbocycles. The lowest BCUT2D eigenvalue weighted by molar-refractivity contribution is 0.124. The van der Waals surface area contributed by atoms with E-state index in [-0.39, 0.29) is 11.0 Å². The van der Waals surface area contributed by atoms with E-state index in [9.17, 15) is 12.8 Å². The summed E-state index contributed by atoms with van der Waals surface area (Å²) in [6, 6.07) is 4.05. The summed E-state index contributed by atoms with van der Waals surface area (Å²) >= 11 is 0. The lowest BCUT2D eigenvalue weighted by atomic mass is 10.1. The van der Waals surface area contributed by atoms with Crippen molar-refractivity contribution in [3.8, 4) is 6.01 Å². The van der Waals surface area contributed by atoms with Gasteiger partial charge in [-0.2, -0.15) is 4.31 Å². The van der Waals surface area contributed by atoms with Crippen LogP contribution in [-0.4, -0.2) is 41.9 Å². The largest absolute Gasteiger partial charge is 0.460 e. The van der Waals surface area contributed by atoms with Crippen molar-refractivity contribution in [1.29, 1.82) is 0 Å². The van der Waals surface area contributed by atoms with Gasteiger partial charge in [0.15, 0.2) is 0 Å². The minimum absolute atomic E-state index is 0.122. The second-order valence-electron chi connectivity index (χ2n) is 6.36. The number of halogens is 1. The van der Waals surface area contributed by atoms with Crippen LogP contribution in [-0.2, 0) is 16.4 Å². The Bertz CT molecular complexity index is 864. The molecule has 1 fully saturated rings. The monoisotopic (exact) mass is 379 g/mol. The highest BCUT2D eigenvalue weighted by Gasteiger charge is 2.31. The van der Waals surface area contributed by atoms with Gasteiger partial charge in [0, 0.05) is 25.5 Å². The summed E-state index contributed by atoms with van der Waals surface area (Å²) in [4.78, 5) is 8.51. The molecule has 0 bridgehead atoms. The van der Waals surface area contributed by atoms with Crippen molar-refractivity contribution in [1.82, 2.24) is 14.3 Å². The van der Waals surface area contributed by atoms with Gasteiger partial charge in [-0.1, -0.05) is 6.92 Å². The van der Waals surface area contributed by atoms with Crippen LogP contribution in [0.25, 0.3) is 0 Å². The molecule has 2 aromatic rings. The van der Waals surface area contributed by atoms with Crippen LogP contribution in [0.5, 0.6) is 6.01 Å². The Morgan fingerprint density at radius 3 is 2.46 bits per heavy atom. The Hall–Kier alpha value is -2.06. The van der Waals surface area contributed by atoms with Gasteiger partial charge in [0.1, 0.15) is 11.9 Å². The minimum atomic E-state index is -3.63. The van der Waals surface area contributed by atoms with Gasteiger partial charge in [-0.25, -0.2) is 22.8 Å². The van der Waals surface area contributed by atoms with E-state index >= 15 is 0 Å². The molecule has 0 spiro atoms. The first kappa shape index (κ1) is 18.7. The quantitative estimate of drug-likeness (QED) is 0.799. The molecule has 3 rings (SSSR count). The summed E-state index contributed by atoms with van der Waals surface area (Å²) in [7, 11) is -3.63. The van der Waals surface area contributed by atoms with Crippen molar-refractivity contribution in [2.24, 2.45) is 0 Å². The minimum Gasteiger partial charge on any atom is -0.460 e. The van der Waals surface area contributed by atoms with E-state index in [1.165, 1.54) is 22.5 Å². The Morgan fingerprint density at radius 2 is 1.88 bits per heavy atom. The van der Waals surface area contributed by atoms with Crippen LogP contribution in [0.3, 0.4) is 0 Å². The Labute approximate surface area is 153 Å². The van der Waals surface area contributed by atoms with Crippen LogP contribution >= 0.6 is 0 Å². The van der Waals surface area contributed by atoms with Gasteiger partial charge in [0.2, 0.25) is 10.0 Å². The van der Waals surface area contributed by atoms with Crippen molar-refractivity contribution >= 4 is 10.0 Å². The lowest BCUT2D eigenvalue weighted by Gasteiger charge is -2.31. The highest BCUT2D eigenvalue weighted by Crippen LogP contribution is 2.25. The molecule has 140 valence electrons. The van der Waals surface area contributed by atoms with Crippen molar-refractivity contribution in [3.05, 3.63) is 47.5 Å². The Kier molecular flexibility index (Phi) is 5.52. The molecule has 1 aromatic carbocycles. The predicted molar refractivity (Wildman–Crippen MR) is 95.0 cm³/mol. The van der Waals surface area contributed by atoms with Gasteiger partial charge in [0.25, 0.3) is 0 Å². The van der Waals surface area contributed by atoms with E-state index in [4.69, 9.17) is 4.74 Å². The second kappa shape index (κ2) is 7.67. The summed E-state index contributed by atoms with van der Waals surface area (Å²) < 4.78 is 46.0. The average molecular weight is 379 g/mol. The molecule has 0 atom stereocenters. The molecule has 26 heavy (non-hydrogen) atoms. The zero-order chi connectivity index (χ0) is 18.7. The SMILES string of the molecule is CCc1cnc(OC2CCN(S(=O)(=O)c3ccc(F)cc3C)CC2)nc1. The number of hydrogen-bond donors (Lipinski definition) is 0. The fourth-order valence-corrected chi connectivity index (χ4v) is 4.64. The molecule has 8 heteroatoms. The number of rotatable bonds is 5. The van der Waals surface area contributed by atoms with Crippen LogP contribution in [0.15, 0.2) is 35.5 Å². The van der Waals surface area contributed by atoms with Gasteiger partial charge < -0.3 is 4.74 Å².